The molecule has 13 rings (SSSR count). The van der Waals surface area contributed by atoms with E-state index in [0.717, 1.165) is 62.1 Å². The monoisotopic (exact) mass is 776 g/mol. The molecule has 12 aromatic rings. The Kier molecular flexibility index (Phi) is 7.43. The highest BCUT2D eigenvalue weighted by molar-refractivity contribution is 6.26. The number of pyridine rings is 2. The van der Waals surface area contributed by atoms with Crippen LogP contribution in [-0.4, -0.2) is 9.97 Å². The van der Waals surface area contributed by atoms with Gasteiger partial charge in [0, 0.05) is 33.9 Å². The zero-order chi connectivity index (χ0) is 40.0. The lowest BCUT2D eigenvalue weighted by Gasteiger charge is -2.24. The molecule has 1 aliphatic rings. The van der Waals surface area contributed by atoms with Crippen molar-refractivity contribution in [3.8, 4) is 44.5 Å². The van der Waals surface area contributed by atoms with Crippen LogP contribution in [0.2, 0.25) is 0 Å². The van der Waals surface area contributed by atoms with Crippen molar-refractivity contribution in [1.82, 2.24) is 9.97 Å². The van der Waals surface area contributed by atoms with Crippen molar-refractivity contribution in [3.63, 3.8) is 0 Å². The number of rotatable bonds is 4. The second-order valence-corrected chi connectivity index (χ2v) is 16.3. The third-order valence-electron chi connectivity index (χ3n) is 13.0. The molecule has 3 nitrogen and oxygen atoms in total. The van der Waals surface area contributed by atoms with Crippen LogP contribution in [0.15, 0.2) is 193 Å². The summed E-state index contributed by atoms with van der Waals surface area (Å²) in [5.74, 6) is 0. The number of furan rings is 1. The number of allylic oxidation sites excluding steroid dienone is 1. The molecular formula is C58H36N2O. The van der Waals surface area contributed by atoms with Crippen molar-refractivity contribution >= 4 is 82.1 Å². The van der Waals surface area contributed by atoms with Crippen LogP contribution < -0.4 is 0 Å². The fourth-order valence-electron chi connectivity index (χ4n) is 10.4. The molecule has 0 fully saturated rings. The average molecular weight is 777 g/mol. The maximum absolute atomic E-state index is 6.75. The molecular weight excluding hydrogens is 741 g/mol. The molecule has 0 spiro atoms. The van der Waals surface area contributed by atoms with Crippen molar-refractivity contribution in [2.24, 2.45) is 0 Å². The summed E-state index contributed by atoms with van der Waals surface area (Å²) in [5, 5.41) is 11.9. The molecule has 9 aromatic carbocycles. The SMILES string of the molecule is C1=Cc2c(c(-c3ccc4cccnc4c3)c3ccccc3c2-c2ccc3oc4cccc(-c5c6ccccc6c(-c6ccc7cccnc7c6)c6ccccc56)c4c3c2)CC1. The number of nitrogens with zero attached hydrogens (tertiary/aromatic N) is 2. The van der Waals surface area contributed by atoms with Gasteiger partial charge in [0.2, 0.25) is 0 Å². The maximum Gasteiger partial charge on any atom is 0.136 e. The van der Waals surface area contributed by atoms with Gasteiger partial charge in [0.15, 0.2) is 0 Å². The molecule has 0 saturated heterocycles. The molecule has 3 aromatic heterocycles. The van der Waals surface area contributed by atoms with E-state index >= 15 is 0 Å². The van der Waals surface area contributed by atoms with Crippen molar-refractivity contribution in [2.45, 2.75) is 12.8 Å². The topological polar surface area (TPSA) is 38.9 Å². The Morgan fingerprint density at radius 3 is 1.62 bits per heavy atom. The zero-order valence-electron chi connectivity index (χ0n) is 33.2. The largest absolute Gasteiger partial charge is 0.456 e. The van der Waals surface area contributed by atoms with E-state index in [4.69, 9.17) is 14.4 Å². The van der Waals surface area contributed by atoms with Gasteiger partial charge in [-0.2, -0.15) is 0 Å². The van der Waals surface area contributed by atoms with Gasteiger partial charge in [-0.15, -0.1) is 0 Å². The highest BCUT2D eigenvalue weighted by Gasteiger charge is 2.24. The van der Waals surface area contributed by atoms with Gasteiger partial charge in [-0.3, -0.25) is 9.97 Å². The van der Waals surface area contributed by atoms with Crippen LogP contribution >= 0.6 is 0 Å². The first kappa shape index (κ1) is 34.0. The molecule has 0 atom stereocenters. The minimum atomic E-state index is 0.883. The first-order chi connectivity index (χ1) is 30.3. The minimum Gasteiger partial charge on any atom is -0.456 e. The van der Waals surface area contributed by atoms with Crippen LogP contribution in [0.25, 0.3) is 127 Å². The fourth-order valence-corrected chi connectivity index (χ4v) is 10.4. The summed E-state index contributed by atoms with van der Waals surface area (Å²) < 4.78 is 6.75. The van der Waals surface area contributed by atoms with E-state index in [1.165, 1.54) is 82.4 Å². The molecule has 0 aliphatic heterocycles. The normalized spacial score (nSPS) is 12.7. The summed E-state index contributed by atoms with van der Waals surface area (Å²) in [7, 11) is 0. The van der Waals surface area contributed by atoms with Crippen LogP contribution in [0.3, 0.4) is 0 Å². The summed E-state index contributed by atoms with van der Waals surface area (Å²) in [5.41, 5.74) is 16.2. The number of fused-ring (bicyclic) bond motifs is 9. The maximum atomic E-state index is 6.75. The van der Waals surface area contributed by atoms with Crippen molar-refractivity contribution < 1.29 is 4.42 Å². The molecule has 0 radical (unpaired) electrons. The van der Waals surface area contributed by atoms with Crippen molar-refractivity contribution in [3.05, 3.63) is 199 Å². The van der Waals surface area contributed by atoms with E-state index in [0.29, 0.717) is 0 Å². The van der Waals surface area contributed by atoms with Gasteiger partial charge in [-0.25, -0.2) is 0 Å². The third kappa shape index (κ3) is 5.17. The highest BCUT2D eigenvalue weighted by Crippen LogP contribution is 2.49. The lowest BCUT2D eigenvalue weighted by Crippen LogP contribution is -2.02. The second kappa shape index (κ2) is 13.3. The Hall–Kier alpha value is -7.88. The first-order valence-corrected chi connectivity index (χ1v) is 21.1. The van der Waals surface area contributed by atoms with Gasteiger partial charge >= 0.3 is 0 Å². The molecule has 3 heterocycles. The molecule has 0 saturated carbocycles. The van der Waals surface area contributed by atoms with Gasteiger partial charge in [0.1, 0.15) is 11.2 Å². The van der Waals surface area contributed by atoms with Crippen LogP contribution in [-0.2, 0) is 6.42 Å². The van der Waals surface area contributed by atoms with Gasteiger partial charge in [-0.1, -0.05) is 140 Å². The Bertz CT molecular complexity index is 3780. The van der Waals surface area contributed by atoms with E-state index in [9.17, 15) is 0 Å². The van der Waals surface area contributed by atoms with Crippen LogP contribution in [0, 0.1) is 0 Å². The van der Waals surface area contributed by atoms with Crippen molar-refractivity contribution in [2.75, 3.05) is 0 Å². The smallest absolute Gasteiger partial charge is 0.136 e. The summed E-state index contributed by atoms with van der Waals surface area (Å²) in [4.78, 5) is 9.47. The highest BCUT2D eigenvalue weighted by atomic mass is 16.3. The number of hydrogen-bond donors (Lipinski definition) is 0. The lowest BCUT2D eigenvalue weighted by atomic mass is 9.80. The van der Waals surface area contributed by atoms with Gasteiger partial charge in [0.05, 0.1) is 11.0 Å². The Morgan fingerprint density at radius 1 is 0.410 bits per heavy atom. The third-order valence-corrected chi connectivity index (χ3v) is 13.0. The fraction of sp³-hybridized carbons (Fsp3) is 0.0345. The van der Waals surface area contributed by atoms with E-state index in [1.807, 2.05) is 24.5 Å². The summed E-state index contributed by atoms with van der Waals surface area (Å²) in [6, 6.07) is 61.7. The lowest BCUT2D eigenvalue weighted by molar-refractivity contribution is 0.669. The molecule has 284 valence electrons. The van der Waals surface area contributed by atoms with Crippen LogP contribution in [0.1, 0.15) is 17.5 Å². The number of hydrogen-bond acceptors (Lipinski definition) is 3. The van der Waals surface area contributed by atoms with E-state index in [2.05, 4.69) is 170 Å². The molecule has 61 heavy (non-hydrogen) atoms. The van der Waals surface area contributed by atoms with E-state index in [-0.39, 0.29) is 0 Å². The number of aromatic nitrogens is 2. The van der Waals surface area contributed by atoms with Gasteiger partial charge < -0.3 is 4.42 Å². The van der Waals surface area contributed by atoms with E-state index in [1.54, 1.807) is 0 Å². The molecule has 0 unspecified atom stereocenters. The molecule has 1 aliphatic carbocycles. The van der Waals surface area contributed by atoms with Crippen molar-refractivity contribution in [1.29, 1.82) is 0 Å². The molecule has 3 heteroatoms. The van der Waals surface area contributed by atoms with Crippen LogP contribution in [0.4, 0.5) is 0 Å². The van der Waals surface area contributed by atoms with Gasteiger partial charge in [0.25, 0.3) is 0 Å². The van der Waals surface area contributed by atoms with Crippen LogP contribution in [0.5, 0.6) is 0 Å². The predicted molar refractivity (Wildman–Crippen MR) is 256 cm³/mol. The summed E-state index contributed by atoms with van der Waals surface area (Å²) in [6.45, 7) is 0. The first-order valence-electron chi connectivity index (χ1n) is 21.1. The Balaban J connectivity index is 1.07. The number of benzene rings is 9. The summed E-state index contributed by atoms with van der Waals surface area (Å²) in [6.07, 6.45) is 10.4. The van der Waals surface area contributed by atoms with E-state index < -0.39 is 0 Å². The minimum absolute atomic E-state index is 0.883. The zero-order valence-corrected chi connectivity index (χ0v) is 33.2. The standard InChI is InChI=1S/C58H36N2O/c1-3-16-42-40(14-1)54(41-15-2-4-17-43(41)55(42)38-26-24-35-12-10-30-59-50(35)33-38)37-28-29-52-49(32-37)58-48(22-9-23-53(58)61-52)57-46-20-7-5-18-44(46)56(45-19-6-8-21-47(45)57)39-27-25-36-13-11-31-60-51(36)34-39/h1-3,5-16,18-34H,4,17H2. The molecule has 0 amide bonds. The quantitative estimate of drug-likeness (QED) is 0.167. The Morgan fingerprint density at radius 2 is 0.967 bits per heavy atom. The summed E-state index contributed by atoms with van der Waals surface area (Å²) >= 11 is 0. The molecule has 0 bridgehead atoms. The Labute approximate surface area is 351 Å². The predicted octanol–water partition coefficient (Wildman–Crippen LogP) is 15.8. The molecule has 0 N–H and O–H groups in total. The second-order valence-electron chi connectivity index (χ2n) is 16.3. The average Bonchev–Trinajstić information content (AvgIpc) is 3.70. The van der Waals surface area contributed by atoms with Gasteiger partial charge in [-0.05, 0) is 143 Å².